The van der Waals surface area contributed by atoms with Crippen LogP contribution in [0.5, 0.6) is 0 Å². The summed E-state index contributed by atoms with van der Waals surface area (Å²) in [6, 6.07) is 3.72. The van der Waals surface area contributed by atoms with Crippen molar-refractivity contribution in [2.24, 2.45) is 0 Å². The van der Waals surface area contributed by atoms with Crippen molar-refractivity contribution in [1.29, 1.82) is 0 Å². The Morgan fingerprint density at radius 1 is 1.33 bits per heavy atom. The molecule has 0 aliphatic rings. The van der Waals surface area contributed by atoms with Gasteiger partial charge in [-0.2, -0.15) is 13.2 Å². The summed E-state index contributed by atoms with van der Waals surface area (Å²) in [7, 11) is 0. The molecule has 0 nitrogen and oxygen atoms in total. The van der Waals surface area contributed by atoms with Crippen LogP contribution in [-0.2, 0) is 0 Å². The number of rotatable bonds is 2. The van der Waals surface area contributed by atoms with E-state index in [4.69, 9.17) is 11.6 Å². The summed E-state index contributed by atoms with van der Waals surface area (Å²) in [6.45, 7) is 1.48. The molecule has 0 N–H and O–H groups in total. The van der Waals surface area contributed by atoms with Gasteiger partial charge in [0, 0.05) is 0 Å². The van der Waals surface area contributed by atoms with Crippen molar-refractivity contribution in [2.75, 3.05) is 0 Å². The van der Waals surface area contributed by atoms with Crippen molar-refractivity contribution >= 4 is 11.6 Å². The molecule has 0 aliphatic heterocycles. The van der Waals surface area contributed by atoms with Gasteiger partial charge in [0.2, 0.25) is 0 Å². The van der Waals surface area contributed by atoms with Crippen LogP contribution in [0.4, 0.5) is 17.6 Å². The highest BCUT2D eigenvalue weighted by atomic mass is 35.5. The minimum Gasteiger partial charge on any atom is -0.207 e. The van der Waals surface area contributed by atoms with Crippen molar-refractivity contribution in [2.45, 2.75) is 24.9 Å². The van der Waals surface area contributed by atoms with Crippen LogP contribution in [0.15, 0.2) is 18.2 Å². The Bertz CT molecular complexity index is 346. The summed E-state index contributed by atoms with van der Waals surface area (Å²) in [4.78, 5) is 0. The molecular formula is C10H9ClF4. The Hall–Kier alpha value is -0.770. The van der Waals surface area contributed by atoms with E-state index in [0.717, 1.165) is 6.07 Å². The first kappa shape index (κ1) is 12.3. The zero-order valence-electron chi connectivity index (χ0n) is 7.91. The van der Waals surface area contributed by atoms with E-state index < -0.39 is 23.8 Å². The number of halogens is 5. The van der Waals surface area contributed by atoms with Gasteiger partial charge in [0.05, 0.1) is 11.8 Å². The zero-order chi connectivity index (χ0) is 11.6. The molecule has 0 bridgehead atoms. The topological polar surface area (TPSA) is 0 Å². The first-order valence-corrected chi connectivity index (χ1v) is 4.70. The van der Waals surface area contributed by atoms with Gasteiger partial charge in [0.1, 0.15) is 5.82 Å². The van der Waals surface area contributed by atoms with Crippen LogP contribution >= 0.6 is 11.6 Å². The first-order valence-electron chi connectivity index (χ1n) is 4.26. The summed E-state index contributed by atoms with van der Waals surface area (Å²) >= 11 is 5.57. The number of benzene rings is 1. The Labute approximate surface area is 89.9 Å². The van der Waals surface area contributed by atoms with Crippen LogP contribution in [0.3, 0.4) is 0 Å². The SMILES string of the molecule is Cc1cc(C(Cl)CC(F)(F)F)ccc1F. The average molecular weight is 241 g/mol. The lowest BCUT2D eigenvalue weighted by atomic mass is 10.1. The summed E-state index contributed by atoms with van der Waals surface area (Å²) < 4.78 is 48.9. The Morgan fingerprint density at radius 2 is 1.93 bits per heavy atom. The molecule has 1 atom stereocenters. The smallest absolute Gasteiger partial charge is 0.207 e. The van der Waals surface area contributed by atoms with Crippen LogP contribution in [0.25, 0.3) is 0 Å². The number of alkyl halides is 4. The quantitative estimate of drug-likeness (QED) is 0.532. The normalized spacial score (nSPS) is 14.0. The van der Waals surface area contributed by atoms with E-state index >= 15 is 0 Å². The van der Waals surface area contributed by atoms with E-state index in [2.05, 4.69) is 0 Å². The molecule has 0 saturated carbocycles. The summed E-state index contributed by atoms with van der Waals surface area (Å²) in [5.41, 5.74) is 0.577. The maximum absolute atomic E-state index is 12.8. The molecule has 0 aliphatic carbocycles. The summed E-state index contributed by atoms with van der Waals surface area (Å²) in [5.74, 6) is -0.449. The van der Waals surface area contributed by atoms with Gasteiger partial charge in [-0.1, -0.05) is 12.1 Å². The van der Waals surface area contributed by atoms with E-state index in [-0.39, 0.29) is 5.56 Å². The molecular weight excluding hydrogens is 232 g/mol. The van der Waals surface area contributed by atoms with Crippen LogP contribution < -0.4 is 0 Å². The van der Waals surface area contributed by atoms with Crippen LogP contribution in [0, 0.1) is 12.7 Å². The fraction of sp³-hybridized carbons (Fsp3) is 0.400. The minimum atomic E-state index is -4.31. The number of hydrogen-bond acceptors (Lipinski definition) is 0. The van der Waals surface area contributed by atoms with Crippen LogP contribution in [0.2, 0.25) is 0 Å². The monoisotopic (exact) mass is 240 g/mol. The molecule has 1 rings (SSSR count). The third-order valence-electron chi connectivity index (χ3n) is 1.95. The Morgan fingerprint density at radius 3 is 2.40 bits per heavy atom. The predicted octanol–water partition coefficient (Wildman–Crippen LogP) is 4.37. The number of hydrogen-bond donors (Lipinski definition) is 0. The maximum atomic E-state index is 12.8. The van der Waals surface area contributed by atoms with Gasteiger partial charge < -0.3 is 0 Å². The van der Waals surface area contributed by atoms with Crippen molar-refractivity contribution in [1.82, 2.24) is 0 Å². The molecule has 1 aromatic carbocycles. The lowest BCUT2D eigenvalue weighted by molar-refractivity contribution is -0.134. The predicted molar refractivity (Wildman–Crippen MR) is 50.4 cm³/mol. The molecule has 0 fully saturated rings. The highest BCUT2D eigenvalue weighted by Crippen LogP contribution is 2.34. The van der Waals surface area contributed by atoms with E-state index in [1.165, 1.54) is 19.1 Å². The second kappa shape index (κ2) is 4.39. The van der Waals surface area contributed by atoms with Crippen molar-refractivity contribution in [3.05, 3.63) is 35.1 Å². The second-order valence-electron chi connectivity index (χ2n) is 3.30. The molecule has 0 amide bonds. The molecule has 0 spiro atoms. The Balaban J connectivity index is 2.83. The molecule has 1 aromatic rings. The third kappa shape index (κ3) is 3.70. The first-order chi connectivity index (χ1) is 6.79. The lowest BCUT2D eigenvalue weighted by Crippen LogP contribution is -2.10. The van der Waals surface area contributed by atoms with Gasteiger partial charge >= 0.3 is 6.18 Å². The van der Waals surface area contributed by atoms with Gasteiger partial charge in [0.15, 0.2) is 0 Å². The van der Waals surface area contributed by atoms with Gasteiger partial charge in [-0.05, 0) is 24.1 Å². The van der Waals surface area contributed by atoms with Gasteiger partial charge in [-0.3, -0.25) is 0 Å². The van der Waals surface area contributed by atoms with E-state index in [1.54, 1.807) is 0 Å². The fourth-order valence-electron chi connectivity index (χ4n) is 1.18. The van der Waals surface area contributed by atoms with E-state index in [0.29, 0.717) is 5.56 Å². The molecule has 0 radical (unpaired) electrons. The fourth-order valence-corrected chi connectivity index (χ4v) is 1.49. The highest BCUT2D eigenvalue weighted by Gasteiger charge is 2.31. The van der Waals surface area contributed by atoms with Gasteiger partial charge in [0.25, 0.3) is 0 Å². The number of aryl methyl sites for hydroxylation is 1. The molecule has 1 unspecified atom stereocenters. The average Bonchev–Trinajstić information content (AvgIpc) is 2.06. The molecule has 0 saturated heterocycles. The summed E-state index contributed by atoms with van der Waals surface area (Å²) in [5, 5.41) is -1.16. The van der Waals surface area contributed by atoms with Gasteiger partial charge in [-0.25, -0.2) is 4.39 Å². The van der Waals surface area contributed by atoms with Gasteiger partial charge in [-0.15, -0.1) is 11.6 Å². The highest BCUT2D eigenvalue weighted by molar-refractivity contribution is 6.20. The molecule has 15 heavy (non-hydrogen) atoms. The summed E-state index contributed by atoms with van der Waals surface area (Å²) in [6.07, 6.45) is -5.42. The van der Waals surface area contributed by atoms with Crippen molar-refractivity contribution in [3.63, 3.8) is 0 Å². The lowest BCUT2D eigenvalue weighted by Gasteiger charge is -2.13. The zero-order valence-corrected chi connectivity index (χ0v) is 8.66. The van der Waals surface area contributed by atoms with Crippen molar-refractivity contribution < 1.29 is 17.6 Å². The molecule has 0 heterocycles. The van der Waals surface area contributed by atoms with E-state index in [1.807, 2.05) is 0 Å². The van der Waals surface area contributed by atoms with E-state index in [9.17, 15) is 17.6 Å². The van der Waals surface area contributed by atoms with Crippen LogP contribution in [-0.4, -0.2) is 6.18 Å². The molecule has 84 valence electrons. The van der Waals surface area contributed by atoms with Crippen molar-refractivity contribution in [3.8, 4) is 0 Å². The second-order valence-corrected chi connectivity index (χ2v) is 3.82. The maximum Gasteiger partial charge on any atom is 0.390 e. The minimum absolute atomic E-state index is 0.285. The Kier molecular flexibility index (Phi) is 3.60. The standard InChI is InChI=1S/C10H9ClF4/c1-6-4-7(2-3-9(6)12)8(11)5-10(13,14)15/h2-4,8H,5H2,1H3. The third-order valence-corrected chi connectivity index (χ3v) is 2.36. The van der Waals surface area contributed by atoms with Crippen LogP contribution in [0.1, 0.15) is 22.9 Å². The molecule has 5 heteroatoms. The molecule has 0 aromatic heterocycles. The largest absolute Gasteiger partial charge is 0.390 e.